The van der Waals surface area contributed by atoms with Gasteiger partial charge >= 0.3 is 0 Å². The van der Waals surface area contributed by atoms with E-state index in [1.165, 1.54) is 12.0 Å². The first-order valence-electron chi connectivity index (χ1n) is 6.45. The molecule has 0 unspecified atom stereocenters. The first-order chi connectivity index (χ1) is 8.69. The van der Waals surface area contributed by atoms with Crippen molar-refractivity contribution in [2.75, 3.05) is 0 Å². The largest absolute Gasteiger partial charge is 0.371 e. The third kappa shape index (κ3) is 2.17. The second kappa shape index (κ2) is 4.83. The van der Waals surface area contributed by atoms with E-state index in [2.05, 4.69) is 29.6 Å². The molecule has 0 spiro atoms. The molecule has 2 aliphatic rings. The van der Waals surface area contributed by atoms with Crippen molar-refractivity contribution in [3.05, 3.63) is 35.9 Å². The van der Waals surface area contributed by atoms with Crippen LogP contribution in [0.5, 0.6) is 0 Å². The summed E-state index contributed by atoms with van der Waals surface area (Å²) in [5, 5.41) is 14.2. The molecule has 1 saturated carbocycles. The van der Waals surface area contributed by atoms with Crippen LogP contribution < -0.4 is 5.32 Å². The zero-order chi connectivity index (χ0) is 12.6. The smallest absolute Gasteiger partial charge is 0.140 e. The van der Waals surface area contributed by atoms with Crippen LogP contribution in [0, 0.1) is 5.92 Å². The van der Waals surface area contributed by atoms with Crippen molar-refractivity contribution in [3.8, 4) is 0 Å². The maximum absolute atomic E-state index is 10.8. The Morgan fingerprint density at radius 1 is 1.28 bits per heavy atom. The first-order valence-corrected chi connectivity index (χ1v) is 7.74. The van der Waals surface area contributed by atoms with Crippen LogP contribution in [0.3, 0.4) is 0 Å². The Balaban J connectivity index is 1.95. The van der Waals surface area contributed by atoms with Crippen molar-refractivity contribution in [1.29, 1.82) is 0 Å². The highest BCUT2D eigenvalue weighted by Gasteiger charge is 2.48. The number of aliphatic hydroxyl groups is 1. The normalized spacial score (nSPS) is 35.7. The zero-order valence-electron chi connectivity index (χ0n) is 10.1. The lowest BCUT2D eigenvalue weighted by molar-refractivity contribution is -0.0632. The number of fused-ring (bicyclic) bond motifs is 1. The van der Waals surface area contributed by atoms with E-state index < -0.39 is 5.72 Å². The van der Waals surface area contributed by atoms with Crippen molar-refractivity contribution < 1.29 is 5.11 Å². The molecule has 3 rings (SSSR count). The molecule has 0 bridgehead atoms. The summed E-state index contributed by atoms with van der Waals surface area (Å²) < 4.78 is 0.726. The molecular formula is C14H17NOS2. The molecule has 0 radical (unpaired) electrons. The zero-order valence-corrected chi connectivity index (χ0v) is 11.8. The van der Waals surface area contributed by atoms with Crippen molar-refractivity contribution in [1.82, 2.24) is 5.32 Å². The highest BCUT2D eigenvalue weighted by Crippen LogP contribution is 2.50. The van der Waals surface area contributed by atoms with Gasteiger partial charge in [-0.05, 0) is 24.8 Å². The topological polar surface area (TPSA) is 32.3 Å². The quantitative estimate of drug-likeness (QED) is 0.773. The van der Waals surface area contributed by atoms with Gasteiger partial charge in [-0.2, -0.15) is 0 Å². The van der Waals surface area contributed by atoms with Gasteiger partial charge in [-0.15, -0.1) is 0 Å². The average molecular weight is 279 g/mol. The molecule has 1 aromatic carbocycles. The van der Waals surface area contributed by atoms with Gasteiger partial charge in [0.25, 0.3) is 0 Å². The summed E-state index contributed by atoms with van der Waals surface area (Å²) in [4.78, 5) is 0. The number of benzene rings is 1. The number of rotatable bonds is 1. The van der Waals surface area contributed by atoms with Gasteiger partial charge in [0.15, 0.2) is 0 Å². The maximum Gasteiger partial charge on any atom is 0.140 e. The van der Waals surface area contributed by atoms with E-state index in [1.807, 2.05) is 6.07 Å². The lowest BCUT2D eigenvalue weighted by Crippen LogP contribution is -2.58. The fourth-order valence-corrected chi connectivity index (χ4v) is 4.86. The Morgan fingerprint density at radius 3 is 2.83 bits per heavy atom. The van der Waals surface area contributed by atoms with Crippen LogP contribution in [0.1, 0.15) is 36.5 Å². The third-order valence-electron chi connectivity index (χ3n) is 3.98. The molecular weight excluding hydrogens is 262 g/mol. The molecule has 4 heteroatoms. The predicted molar refractivity (Wildman–Crippen MR) is 79.4 cm³/mol. The van der Waals surface area contributed by atoms with Crippen LogP contribution in [-0.4, -0.2) is 15.2 Å². The third-order valence-corrected chi connectivity index (χ3v) is 5.54. The minimum atomic E-state index is -0.791. The van der Waals surface area contributed by atoms with Crippen LogP contribution in [-0.2, 0) is 0 Å². The molecule has 1 aromatic rings. The maximum atomic E-state index is 10.8. The first kappa shape index (κ1) is 12.5. The van der Waals surface area contributed by atoms with E-state index in [9.17, 15) is 5.11 Å². The molecule has 0 amide bonds. The summed E-state index contributed by atoms with van der Waals surface area (Å²) in [5.41, 5.74) is 0.484. The minimum absolute atomic E-state index is 0.255. The Labute approximate surface area is 117 Å². The van der Waals surface area contributed by atoms with Gasteiger partial charge in [-0.3, -0.25) is 0 Å². The van der Waals surface area contributed by atoms with Gasteiger partial charge in [0.1, 0.15) is 10.0 Å². The fraction of sp³-hybridized carbons (Fsp3) is 0.500. The number of hydrogen-bond acceptors (Lipinski definition) is 3. The highest BCUT2D eigenvalue weighted by atomic mass is 32.2. The van der Waals surface area contributed by atoms with E-state index in [4.69, 9.17) is 12.2 Å². The number of hydrogen-bond donors (Lipinski definition) is 2. The molecule has 2 N–H and O–H groups in total. The molecule has 18 heavy (non-hydrogen) atoms. The monoisotopic (exact) mass is 279 g/mol. The minimum Gasteiger partial charge on any atom is -0.371 e. The van der Waals surface area contributed by atoms with Gasteiger partial charge in [0.05, 0.1) is 0 Å². The summed E-state index contributed by atoms with van der Waals surface area (Å²) in [6.07, 6.45) is 4.15. The molecule has 1 aliphatic heterocycles. The van der Waals surface area contributed by atoms with E-state index >= 15 is 0 Å². The summed E-state index contributed by atoms with van der Waals surface area (Å²) in [6, 6.07) is 10.4. The molecule has 1 aliphatic carbocycles. The van der Waals surface area contributed by atoms with E-state index in [-0.39, 0.29) is 11.2 Å². The van der Waals surface area contributed by atoms with Crippen LogP contribution in [0.2, 0.25) is 0 Å². The number of nitrogens with one attached hydrogen (secondary N) is 1. The number of thioether (sulfide) groups is 1. The van der Waals surface area contributed by atoms with Gasteiger partial charge in [-0.1, -0.05) is 60.7 Å². The van der Waals surface area contributed by atoms with Crippen molar-refractivity contribution >= 4 is 28.3 Å². The Kier molecular flexibility index (Phi) is 3.34. The molecule has 2 fully saturated rings. The van der Waals surface area contributed by atoms with Crippen molar-refractivity contribution in [2.45, 2.75) is 36.7 Å². The Bertz CT molecular complexity index is 450. The van der Waals surface area contributed by atoms with E-state index in [1.54, 1.807) is 11.8 Å². The molecule has 1 heterocycles. The summed E-state index contributed by atoms with van der Waals surface area (Å²) in [6.45, 7) is 0. The average Bonchev–Trinajstić information content (AvgIpc) is 2.37. The van der Waals surface area contributed by atoms with Crippen LogP contribution >= 0.6 is 24.0 Å². The summed E-state index contributed by atoms with van der Waals surface area (Å²) in [5.74, 6) is 0.255. The van der Waals surface area contributed by atoms with Crippen LogP contribution in [0.25, 0.3) is 0 Å². The lowest BCUT2D eigenvalue weighted by Gasteiger charge is -2.48. The Morgan fingerprint density at radius 2 is 2.06 bits per heavy atom. The molecule has 3 atom stereocenters. The summed E-state index contributed by atoms with van der Waals surface area (Å²) >= 11 is 7.00. The SMILES string of the molecule is O[C@@]12CCCC[C@@H]1[C@H](c1ccccc1)SC(=S)N2. The van der Waals surface area contributed by atoms with Gasteiger partial charge in [-0.25, -0.2) is 0 Å². The lowest BCUT2D eigenvalue weighted by atomic mass is 9.77. The fourth-order valence-electron chi connectivity index (χ4n) is 3.09. The van der Waals surface area contributed by atoms with Gasteiger partial charge in [0, 0.05) is 11.2 Å². The van der Waals surface area contributed by atoms with Crippen LogP contribution in [0.15, 0.2) is 30.3 Å². The molecule has 96 valence electrons. The van der Waals surface area contributed by atoms with E-state index in [0.717, 1.165) is 23.6 Å². The van der Waals surface area contributed by atoms with Crippen LogP contribution in [0.4, 0.5) is 0 Å². The van der Waals surface area contributed by atoms with Crippen molar-refractivity contribution in [2.24, 2.45) is 5.92 Å². The highest BCUT2D eigenvalue weighted by molar-refractivity contribution is 8.23. The molecule has 0 aromatic heterocycles. The van der Waals surface area contributed by atoms with E-state index in [0.29, 0.717) is 0 Å². The van der Waals surface area contributed by atoms with Crippen molar-refractivity contribution in [3.63, 3.8) is 0 Å². The standard InChI is InChI=1S/C14H17NOS2/c16-14-9-5-4-8-11(14)12(18-13(17)15-14)10-6-2-1-3-7-10/h1-3,6-7,11-12,16H,4-5,8-9H2,(H,15,17)/t11-,12+,14+/m1/s1. The number of thiocarbonyl (C=S) groups is 1. The summed E-state index contributed by atoms with van der Waals surface area (Å²) in [7, 11) is 0. The predicted octanol–water partition coefficient (Wildman–Crippen LogP) is 3.23. The second-order valence-corrected chi connectivity index (χ2v) is 6.96. The second-order valence-electron chi connectivity index (χ2n) is 5.14. The molecule has 1 saturated heterocycles. The molecule has 2 nitrogen and oxygen atoms in total. The van der Waals surface area contributed by atoms with Gasteiger partial charge in [0.2, 0.25) is 0 Å². The van der Waals surface area contributed by atoms with Gasteiger partial charge < -0.3 is 10.4 Å². The Hall–Kier alpha value is -0.580.